The molecule has 1 aromatic heterocycles. The molecule has 0 atom stereocenters. The highest BCUT2D eigenvalue weighted by Crippen LogP contribution is 2.29. The van der Waals surface area contributed by atoms with E-state index in [4.69, 9.17) is 6.57 Å². The predicted molar refractivity (Wildman–Crippen MR) is 56.1 cm³/mol. The Balaban J connectivity index is 2.21. The van der Waals surface area contributed by atoms with E-state index in [9.17, 15) is 8.42 Å². The van der Waals surface area contributed by atoms with Crippen LogP contribution in [0.15, 0.2) is 18.2 Å². The third-order valence-electron chi connectivity index (χ3n) is 2.06. The molecule has 0 spiro atoms. The van der Waals surface area contributed by atoms with Crippen molar-refractivity contribution in [1.29, 1.82) is 0 Å². The van der Waals surface area contributed by atoms with Gasteiger partial charge >= 0.3 is 0 Å². The SMILES string of the molecule is [C-]#[N+]c1cccc(NS(=O)(=O)C2CC2)n1. The first-order valence-corrected chi connectivity index (χ1v) is 6.02. The summed E-state index contributed by atoms with van der Waals surface area (Å²) in [7, 11) is -3.28. The number of nitrogens with zero attached hydrogens (tertiary/aromatic N) is 2. The number of hydrogen-bond acceptors (Lipinski definition) is 3. The van der Waals surface area contributed by atoms with E-state index in [0.29, 0.717) is 12.8 Å². The molecule has 1 saturated carbocycles. The van der Waals surface area contributed by atoms with Crippen molar-refractivity contribution in [3.8, 4) is 0 Å². The van der Waals surface area contributed by atoms with Crippen LogP contribution in [0.2, 0.25) is 0 Å². The summed E-state index contributed by atoms with van der Waals surface area (Å²) in [5.41, 5.74) is 0. The van der Waals surface area contributed by atoms with E-state index in [1.807, 2.05) is 0 Å². The van der Waals surface area contributed by atoms with Gasteiger partial charge in [0.05, 0.1) is 5.25 Å². The van der Waals surface area contributed by atoms with Gasteiger partial charge in [-0.3, -0.25) is 0 Å². The van der Waals surface area contributed by atoms with Crippen molar-refractivity contribution < 1.29 is 8.42 Å². The first-order valence-electron chi connectivity index (χ1n) is 4.48. The Hall–Kier alpha value is -1.61. The fourth-order valence-electron chi connectivity index (χ4n) is 1.15. The van der Waals surface area contributed by atoms with Crippen LogP contribution < -0.4 is 4.72 Å². The summed E-state index contributed by atoms with van der Waals surface area (Å²) in [4.78, 5) is 6.97. The molecule has 1 aliphatic rings. The summed E-state index contributed by atoms with van der Waals surface area (Å²) >= 11 is 0. The predicted octanol–water partition coefficient (Wildman–Crippen LogP) is 1.54. The molecule has 6 heteroatoms. The minimum Gasteiger partial charge on any atom is -0.361 e. The van der Waals surface area contributed by atoms with Crippen molar-refractivity contribution >= 4 is 21.7 Å². The van der Waals surface area contributed by atoms with Crippen molar-refractivity contribution in [3.05, 3.63) is 29.6 Å². The van der Waals surface area contributed by atoms with E-state index in [1.54, 1.807) is 6.07 Å². The fraction of sp³-hybridized carbons (Fsp3) is 0.333. The maximum Gasteiger partial charge on any atom is 0.271 e. The molecule has 1 aliphatic carbocycles. The van der Waals surface area contributed by atoms with Gasteiger partial charge in [0.15, 0.2) is 0 Å². The van der Waals surface area contributed by atoms with Crippen LogP contribution in [-0.2, 0) is 10.0 Å². The zero-order valence-electron chi connectivity index (χ0n) is 7.84. The number of aromatic nitrogens is 1. The van der Waals surface area contributed by atoms with Gasteiger partial charge in [0.25, 0.3) is 5.82 Å². The summed E-state index contributed by atoms with van der Waals surface area (Å²) in [6.07, 6.45) is 1.41. The fourth-order valence-corrected chi connectivity index (χ4v) is 2.48. The first kappa shape index (κ1) is 9.93. The second-order valence-corrected chi connectivity index (χ2v) is 5.30. The summed E-state index contributed by atoms with van der Waals surface area (Å²) in [5, 5.41) is -0.282. The number of anilines is 1. The molecule has 0 amide bonds. The Morgan fingerprint density at radius 2 is 2.20 bits per heavy atom. The third kappa shape index (κ3) is 2.25. The molecule has 0 radical (unpaired) electrons. The highest BCUT2D eigenvalue weighted by Gasteiger charge is 2.36. The van der Waals surface area contributed by atoms with Gasteiger partial charge in [0, 0.05) is 6.07 Å². The van der Waals surface area contributed by atoms with Crippen molar-refractivity contribution in [2.45, 2.75) is 18.1 Å². The van der Waals surface area contributed by atoms with Crippen molar-refractivity contribution in [1.82, 2.24) is 4.98 Å². The Labute approximate surface area is 88.0 Å². The Kier molecular flexibility index (Phi) is 2.32. The van der Waals surface area contributed by atoms with Crippen LogP contribution >= 0.6 is 0 Å². The van der Waals surface area contributed by atoms with E-state index < -0.39 is 10.0 Å². The quantitative estimate of drug-likeness (QED) is 0.790. The molecule has 0 bridgehead atoms. The van der Waals surface area contributed by atoms with Gasteiger partial charge in [-0.05, 0) is 18.9 Å². The lowest BCUT2D eigenvalue weighted by atomic mass is 10.4. The Morgan fingerprint density at radius 1 is 1.47 bits per heavy atom. The van der Waals surface area contributed by atoms with Crippen LogP contribution in [0.5, 0.6) is 0 Å². The largest absolute Gasteiger partial charge is 0.361 e. The lowest BCUT2D eigenvalue weighted by Crippen LogP contribution is -2.17. The second-order valence-electron chi connectivity index (χ2n) is 3.34. The molecule has 2 rings (SSSR count). The number of nitrogens with one attached hydrogen (secondary N) is 1. The molecule has 0 saturated heterocycles. The molecule has 5 nitrogen and oxygen atoms in total. The van der Waals surface area contributed by atoms with Crippen LogP contribution in [0.25, 0.3) is 4.85 Å². The molecule has 0 unspecified atom stereocenters. The summed E-state index contributed by atoms with van der Waals surface area (Å²) in [5.74, 6) is 0.404. The summed E-state index contributed by atoms with van der Waals surface area (Å²) in [6, 6.07) is 4.67. The van der Waals surface area contributed by atoms with E-state index in [1.165, 1.54) is 12.1 Å². The molecule has 0 aromatic carbocycles. The Bertz CT molecular complexity index is 514. The van der Waals surface area contributed by atoms with Crippen molar-refractivity contribution in [2.75, 3.05) is 4.72 Å². The molecule has 1 heterocycles. The average Bonchev–Trinajstić information content (AvgIpc) is 3.00. The number of hydrogen-bond donors (Lipinski definition) is 1. The van der Waals surface area contributed by atoms with E-state index in [2.05, 4.69) is 14.6 Å². The lowest BCUT2D eigenvalue weighted by Gasteiger charge is -2.02. The standard InChI is InChI=1S/C9H9N3O2S/c1-10-8-3-2-4-9(11-8)12-15(13,14)7-5-6-7/h2-4,7H,5-6H2,(H,11,12). The highest BCUT2D eigenvalue weighted by molar-refractivity contribution is 7.93. The number of pyridine rings is 1. The molecular weight excluding hydrogens is 214 g/mol. The number of rotatable bonds is 3. The minimum atomic E-state index is -3.28. The van der Waals surface area contributed by atoms with Crippen LogP contribution in [0.3, 0.4) is 0 Å². The molecule has 1 aromatic rings. The average molecular weight is 223 g/mol. The van der Waals surface area contributed by atoms with Gasteiger partial charge in [-0.15, -0.1) is 4.98 Å². The summed E-state index contributed by atoms with van der Waals surface area (Å²) in [6.45, 7) is 6.75. The van der Waals surface area contributed by atoms with E-state index in [-0.39, 0.29) is 16.9 Å². The van der Waals surface area contributed by atoms with Gasteiger partial charge < -0.3 is 4.85 Å². The van der Waals surface area contributed by atoms with Gasteiger partial charge in [0.1, 0.15) is 0 Å². The molecular formula is C9H9N3O2S. The van der Waals surface area contributed by atoms with Crippen molar-refractivity contribution in [2.24, 2.45) is 0 Å². The van der Waals surface area contributed by atoms with Crippen LogP contribution in [0.4, 0.5) is 11.6 Å². The minimum absolute atomic E-state index is 0.186. The van der Waals surface area contributed by atoms with Crippen molar-refractivity contribution in [3.63, 3.8) is 0 Å². The van der Waals surface area contributed by atoms with Gasteiger partial charge in [0.2, 0.25) is 15.8 Å². The summed E-state index contributed by atoms with van der Waals surface area (Å²) < 4.78 is 25.4. The van der Waals surface area contributed by atoms with Crippen LogP contribution in [-0.4, -0.2) is 18.7 Å². The highest BCUT2D eigenvalue weighted by atomic mass is 32.2. The number of sulfonamides is 1. The van der Waals surface area contributed by atoms with Crippen LogP contribution in [0, 0.1) is 6.57 Å². The Morgan fingerprint density at radius 3 is 2.80 bits per heavy atom. The zero-order valence-corrected chi connectivity index (χ0v) is 8.66. The monoisotopic (exact) mass is 223 g/mol. The maximum absolute atomic E-state index is 11.5. The maximum atomic E-state index is 11.5. The molecule has 78 valence electrons. The molecule has 1 N–H and O–H groups in total. The van der Waals surface area contributed by atoms with Gasteiger partial charge in [-0.2, -0.15) is 0 Å². The molecule has 15 heavy (non-hydrogen) atoms. The van der Waals surface area contributed by atoms with Gasteiger partial charge in [-0.25, -0.2) is 13.1 Å². The topological polar surface area (TPSA) is 63.4 Å². The normalized spacial score (nSPS) is 15.7. The van der Waals surface area contributed by atoms with E-state index >= 15 is 0 Å². The smallest absolute Gasteiger partial charge is 0.271 e. The second kappa shape index (κ2) is 3.51. The lowest BCUT2D eigenvalue weighted by molar-refractivity contribution is 0.600. The van der Waals surface area contributed by atoms with Gasteiger partial charge in [-0.1, -0.05) is 12.6 Å². The zero-order chi connectivity index (χ0) is 10.9. The van der Waals surface area contributed by atoms with E-state index in [0.717, 1.165) is 0 Å². The third-order valence-corrected chi connectivity index (χ3v) is 3.90. The first-order chi connectivity index (χ1) is 7.12. The molecule has 0 aliphatic heterocycles. The molecule has 1 fully saturated rings. The van der Waals surface area contributed by atoms with Crippen LogP contribution in [0.1, 0.15) is 12.8 Å².